The second-order valence-electron chi connectivity index (χ2n) is 4.35. The quantitative estimate of drug-likeness (QED) is 0.937. The SMILES string of the molecule is Cc1cc(C(=O)NCCc2noc(C(F)(F)F)n2)c(C)o1. The molecule has 0 saturated carbocycles. The van der Waals surface area contributed by atoms with Gasteiger partial charge >= 0.3 is 12.1 Å². The van der Waals surface area contributed by atoms with E-state index in [1.165, 1.54) is 0 Å². The Labute approximate surface area is 117 Å². The number of nitrogens with one attached hydrogen (secondary N) is 1. The Kier molecular flexibility index (Phi) is 4.01. The lowest BCUT2D eigenvalue weighted by molar-refractivity contribution is -0.159. The maximum atomic E-state index is 12.2. The number of aromatic nitrogens is 2. The first kappa shape index (κ1) is 15.1. The van der Waals surface area contributed by atoms with E-state index in [1.54, 1.807) is 19.9 Å². The predicted octanol–water partition coefficient (Wildman–Crippen LogP) is 2.27. The van der Waals surface area contributed by atoms with Gasteiger partial charge < -0.3 is 14.3 Å². The van der Waals surface area contributed by atoms with Gasteiger partial charge in [0, 0.05) is 13.0 Å². The molecule has 0 saturated heterocycles. The summed E-state index contributed by atoms with van der Waals surface area (Å²) < 4.78 is 46.0. The number of nitrogens with zero attached hydrogens (tertiary/aromatic N) is 2. The third-order valence-corrected chi connectivity index (χ3v) is 2.63. The van der Waals surface area contributed by atoms with E-state index < -0.39 is 12.1 Å². The van der Waals surface area contributed by atoms with Gasteiger partial charge in [0.15, 0.2) is 5.82 Å². The van der Waals surface area contributed by atoms with Crippen LogP contribution in [0.5, 0.6) is 0 Å². The van der Waals surface area contributed by atoms with Gasteiger partial charge in [-0.25, -0.2) is 0 Å². The molecule has 21 heavy (non-hydrogen) atoms. The summed E-state index contributed by atoms with van der Waals surface area (Å²) in [5.41, 5.74) is 0.386. The summed E-state index contributed by atoms with van der Waals surface area (Å²) in [6, 6.07) is 1.58. The molecule has 0 radical (unpaired) electrons. The molecular weight excluding hydrogens is 291 g/mol. The molecule has 0 fully saturated rings. The minimum atomic E-state index is -4.67. The molecule has 1 N–H and O–H groups in total. The highest BCUT2D eigenvalue weighted by Gasteiger charge is 2.38. The third kappa shape index (κ3) is 3.61. The van der Waals surface area contributed by atoms with Crippen molar-refractivity contribution < 1.29 is 26.9 Å². The van der Waals surface area contributed by atoms with Crippen LogP contribution >= 0.6 is 0 Å². The van der Waals surface area contributed by atoms with Gasteiger partial charge in [0.1, 0.15) is 11.5 Å². The van der Waals surface area contributed by atoms with Crippen LogP contribution in [0.15, 0.2) is 15.0 Å². The van der Waals surface area contributed by atoms with E-state index in [2.05, 4.69) is 20.0 Å². The molecule has 6 nitrogen and oxygen atoms in total. The first-order chi connectivity index (χ1) is 9.77. The summed E-state index contributed by atoms with van der Waals surface area (Å²) in [4.78, 5) is 15.0. The van der Waals surface area contributed by atoms with Gasteiger partial charge in [0.05, 0.1) is 5.56 Å². The molecule has 2 rings (SSSR count). The Morgan fingerprint density at radius 3 is 2.62 bits per heavy atom. The number of amides is 1. The van der Waals surface area contributed by atoms with E-state index in [9.17, 15) is 18.0 Å². The Hall–Kier alpha value is -2.32. The molecule has 0 atom stereocenters. The van der Waals surface area contributed by atoms with E-state index in [4.69, 9.17) is 4.42 Å². The standard InChI is InChI=1S/C12H12F3N3O3/c1-6-5-8(7(2)20-6)10(19)16-4-3-9-17-11(21-18-9)12(13,14)15/h5H,3-4H2,1-2H3,(H,16,19). The van der Waals surface area contributed by atoms with E-state index in [1.807, 2.05) is 0 Å². The van der Waals surface area contributed by atoms with Gasteiger partial charge in [0.2, 0.25) is 0 Å². The highest BCUT2D eigenvalue weighted by atomic mass is 19.4. The maximum Gasteiger partial charge on any atom is 0.471 e. The summed E-state index contributed by atoms with van der Waals surface area (Å²) in [7, 11) is 0. The second-order valence-corrected chi connectivity index (χ2v) is 4.35. The first-order valence-electron chi connectivity index (χ1n) is 6.02. The minimum Gasteiger partial charge on any atom is -0.466 e. The Balaban J connectivity index is 1.88. The number of rotatable bonds is 4. The number of hydrogen-bond donors (Lipinski definition) is 1. The summed E-state index contributed by atoms with van der Waals surface area (Å²) in [5.74, 6) is -0.814. The van der Waals surface area contributed by atoms with Crippen molar-refractivity contribution in [1.29, 1.82) is 0 Å². The zero-order valence-electron chi connectivity index (χ0n) is 11.2. The van der Waals surface area contributed by atoms with Gasteiger partial charge in [-0.15, -0.1) is 0 Å². The summed E-state index contributed by atoms with van der Waals surface area (Å²) >= 11 is 0. The van der Waals surface area contributed by atoms with E-state index in [0.29, 0.717) is 17.1 Å². The molecule has 0 spiro atoms. The average Bonchev–Trinajstić information content (AvgIpc) is 2.95. The van der Waals surface area contributed by atoms with Crippen molar-refractivity contribution >= 4 is 5.91 Å². The molecule has 9 heteroatoms. The van der Waals surface area contributed by atoms with Gasteiger partial charge in [-0.1, -0.05) is 5.16 Å². The van der Waals surface area contributed by atoms with E-state index in [-0.39, 0.29) is 24.7 Å². The first-order valence-corrected chi connectivity index (χ1v) is 6.02. The van der Waals surface area contributed by atoms with Gasteiger partial charge in [-0.3, -0.25) is 4.79 Å². The fraction of sp³-hybridized carbons (Fsp3) is 0.417. The molecule has 2 aromatic heterocycles. The third-order valence-electron chi connectivity index (χ3n) is 2.63. The number of carbonyl (C=O) groups excluding carboxylic acids is 1. The fourth-order valence-electron chi connectivity index (χ4n) is 1.71. The summed E-state index contributed by atoms with van der Waals surface area (Å²) in [6.45, 7) is 3.44. The zero-order chi connectivity index (χ0) is 15.6. The van der Waals surface area contributed by atoms with Crippen LogP contribution in [0, 0.1) is 13.8 Å². The van der Waals surface area contributed by atoms with Crippen molar-refractivity contribution in [3.05, 3.63) is 34.9 Å². The van der Waals surface area contributed by atoms with Gasteiger partial charge in [-0.2, -0.15) is 18.2 Å². The summed E-state index contributed by atoms with van der Waals surface area (Å²) in [5, 5.41) is 5.75. The van der Waals surface area contributed by atoms with Gasteiger partial charge in [0.25, 0.3) is 5.91 Å². The molecule has 114 valence electrons. The molecule has 0 aliphatic heterocycles. The van der Waals surface area contributed by atoms with E-state index >= 15 is 0 Å². The lowest BCUT2D eigenvalue weighted by atomic mass is 10.2. The Bertz CT molecular complexity index is 646. The largest absolute Gasteiger partial charge is 0.471 e. The van der Waals surface area contributed by atoms with Crippen LogP contribution in [0.1, 0.15) is 33.6 Å². The van der Waals surface area contributed by atoms with Gasteiger partial charge in [-0.05, 0) is 19.9 Å². The average molecular weight is 303 g/mol. The molecular formula is C12H12F3N3O3. The van der Waals surface area contributed by atoms with Crippen LogP contribution in [0.3, 0.4) is 0 Å². The lowest BCUT2D eigenvalue weighted by Crippen LogP contribution is -2.26. The second kappa shape index (κ2) is 5.58. The van der Waals surface area contributed by atoms with Crippen molar-refractivity contribution in [1.82, 2.24) is 15.5 Å². The number of halogens is 3. The van der Waals surface area contributed by atoms with Crippen molar-refractivity contribution in [2.75, 3.05) is 6.54 Å². The number of hydrogen-bond acceptors (Lipinski definition) is 5. The zero-order valence-corrected chi connectivity index (χ0v) is 11.2. The number of aryl methyl sites for hydroxylation is 2. The molecule has 0 aliphatic carbocycles. The van der Waals surface area contributed by atoms with Crippen molar-refractivity contribution in [2.24, 2.45) is 0 Å². The normalized spacial score (nSPS) is 11.7. The van der Waals surface area contributed by atoms with Crippen molar-refractivity contribution in [3.63, 3.8) is 0 Å². The molecule has 2 aromatic rings. The number of furan rings is 1. The number of alkyl halides is 3. The minimum absolute atomic E-state index is 0.0290. The van der Waals surface area contributed by atoms with Crippen LogP contribution in [0.4, 0.5) is 13.2 Å². The lowest BCUT2D eigenvalue weighted by Gasteiger charge is -2.01. The molecule has 2 heterocycles. The maximum absolute atomic E-state index is 12.2. The highest BCUT2D eigenvalue weighted by Crippen LogP contribution is 2.27. The number of carbonyl (C=O) groups is 1. The van der Waals surface area contributed by atoms with Crippen LogP contribution in [-0.2, 0) is 12.6 Å². The van der Waals surface area contributed by atoms with Crippen LogP contribution in [0.2, 0.25) is 0 Å². The Morgan fingerprint density at radius 1 is 1.38 bits per heavy atom. The molecule has 0 unspecified atom stereocenters. The topological polar surface area (TPSA) is 81.2 Å². The monoisotopic (exact) mass is 303 g/mol. The fourth-order valence-corrected chi connectivity index (χ4v) is 1.71. The van der Waals surface area contributed by atoms with Crippen molar-refractivity contribution in [3.8, 4) is 0 Å². The molecule has 0 aromatic carbocycles. The predicted molar refractivity (Wildman–Crippen MR) is 63.5 cm³/mol. The smallest absolute Gasteiger partial charge is 0.466 e. The van der Waals surface area contributed by atoms with Crippen LogP contribution in [0.25, 0.3) is 0 Å². The van der Waals surface area contributed by atoms with Crippen molar-refractivity contribution in [2.45, 2.75) is 26.4 Å². The Morgan fingerprint density at radius 2 is 2.10 bits per heavy atom. The molecule has 0 bridgehead atoms. The molecule has 0 aliphatic rings. The highest BCUT2D eigenvalue weighted by molar-refractivity contribution is 5.95. The van der Waals surface area contributed by atoms with Crippen LogP contribution in [-0.4, -0.2) is 22.6 Å². The summed E-state index contributed by atoms with van der Waals surface area (Å²) in [6.07, 6.45) is -4.64. The van der Waals surface area contributed by atoms with Crippen LogP contribution < -0.4 is 5.32 Å². The van der Waals surface area contributed by atoms with E-state index in [0.717, 1.165) is 0 Å². The molecule has 1 amide bonds.